The number of nitrogens with two attached hydrogens (primary N) is 1. The largest absolute Gasteiger partial charge is 0.464 e. The van der Waals surface area contributed by atoms with Crippen LogP contribution < -0.4 is 11.1 Å². The summed E-state index contributed by atoms with van der Waals surface area (Å²) in [7, 11) is 0. The molecule has 6 heteroatoms. The highest BCUT2D eigenvalue weighted by Crippen LogP contribution is 2.06. The van der Waals surface area contributed by atoms with Crippen molar-refractivity contribution in [2.45, 2.75) is 52.2 Å². The van der Waals surface area contributed by atoms with Crippen molar-refractivity contribution >= 4 is 12.1 Å². The van der Waals surface area contributed by atoms with Gasteiger partial charge in [-0.05, 0) is 47.1 Å². The Morgan fingerprint density at radius 2 is 1.89 bits per heavy atom. The normalized spacial score (nSPS) is 12.7. The van der Waals surface area contributed by atoms with Crippen LogP contribution in [0.25, 0.3) is 0 Å². The molecule has 0 saturated heterocycles. The summed E-state index contributed by atoms with van der Waals surface area (Å²) >= 11 is 0. The molecule has 0 saturated carbocycles. The van der Waals surface area contributed by atoms with E-state index in [1.54, 1.807) is 27.7 Å². The topological polar surface area (TPSA) is 90.6 Å². The third-order valence-electron chi connectivity index (χ3n) is 1.93. The van der Waals surface area contributed by atoms with Crippen LogP contribution in [0.3, 0.4) is 0 Å². The Labute approximate surface area is 108 Å². The van der Waals surface area contributed by atoms with Crippen molar-refractivity contribution in [3.63, 3.8) is 0 Å². The van der Waals surface area contributed by atoms with Gasteiger partial charge < -0.3 is 20.5 Å². The molecule has 0 aromatic heterocycles. The molecule has 3 N–H and O–H groups in total. The summed E-state index contributed by atoms with van der Waals surface area (Å²) in [5, 5.41) is 2.42. The van der Waals surface area contributed by atoms with Gasteiger partial charge >= 0.3 is 12.1 Å². The van der Waals surface area contributed by atoms with E-state index in [0.29, 0.717) is 13.2 Å². The van der Waals surface area contributed by atoms with E-state index < -0.39 is 23.7 Å². The molecule has 6 nitrogen and oxygen atoms in total. The standard InChI is InChI=1S/C12H24N2O4/c1-9(10(15)17-8-6-5-7-13)14-11(16)18-12(2,3)4/h9H,5-8,13H2,1-4H3,(H,14,16)/t9-/m0/s1. The zero-order valence-corrected chi connectivity index (χ0v) is 11.6. The number of nitrogens with one attached hydrogen (secondary N) is 1. The van der Waals surface area contributed by atoms with E-state index in [4.69, 9.17) is 15.2 Å². The molecule has 0 aromatic rings. The van der Waals surface area contributed by atoms with Crippen molar-refractivity contribution in [1.82, 2.24) is 5.32 Å². The SMILES string of the molecule is C[C@H](NC(=O)OC(C)(C)C)C(=O)OCCCCN. The van der Waals surface area contributed by atoms with Crippen LogP contribution in [0.1, 0.15) is 40.5 Å². The van der Waals surface area contributed by atoms with Crippen molar-refractivity contribution in [3.8, 4) is 0 Å². The van der Waals surface area contributed by atoms with Gasteiger partial charge in [0.2, 0.25) is 0 Å². The Morgan fingerprint density at radius 3 is 2.39 bits per heavy atom. The minimum absolute atomic E-state index is 0.316. The van der Waals surface area contributed by atoms with Gasteiger partial charge in [-0.15, -0.1) is 0 Å². The highest BCUT2D eigenvalue weighted by molar-refractivity contribution is 5.80. The Bertz CT molecular complexity index is 274. The third-order valence-corrected chi connectivity index (χ3v) is 1.93. The van der Waals surface area contributed by atoms with Crippen LogP contribution in [0.5, 0.6) is 0 Å². The number of esters is 1. The highest BCUT2D eigenvalue weighted by atomic mass is 16.6. The quantitative estimate of drug-likeness (QED) is 0.553. The predicted octanol–water partition coefficient (Wildman–Crippen LogP) is 1.18. The first-order valence-corrected chi connectivity index (χ1v) is 6.12. The van der Waals surface area contributed by atoms with Gasteiger partial charge in [0.15, 0.2) is 0 Å². The van der Waals surface area contributed by atoms with E-state index in [2.05, 4.69) is 5.32 Å². The summed E-state index contributed by atoms with van der Waals surface area (Å²) in [6, 6.07) is -0.724. The molecule has 0 unspecified atom stereocenters. The zero-order valence-electron chi connectivity index (χ0n) is 11.6. The first kappa shape index (κ1) is 16.7. The number of hydrogen-bond acceptors (Lipinski definition) is 5. The molecule has 18 heavy (non-hydrogen) atoms. The lowest BCUT2D eigenvalue weighted by atomic mass is 10.2. The summed E-state index contributed by atoms with van der Waals surface area (Å²) in [6.45, 7) is 7.70. The van der Waals surface area contributed by atoms with Gasteiger partial charge in [-0.3, -0.25) is 0 Å². The number of hydrogen-bond donors (Lipinski definition) is 2. The van der Waals surface area contributed by atoms with Crippen LogP contribution in [0.15, 0.2) is 0 Å². The maximum atomic E-state index is 11.5. The molecule has 0 aliphatic heterocycles. The molecule has 0 aromatic carbocycles. The summed E-state index contributed by atoms with van der Waals surface area (Å²) in [4.78, 5) is 22.9. The van der Waals surface area contributed by atoms with Crippen LogP contribution in [-0.4, -0.2) is 36.9 Å². The average Bonchev–Trinajstić information content (AvgIpc) is 2.21. The van der Waals surface area contributed by atoms with Gasteiger partial charge in [0, 0.05) is 0 Å². The van der Waals surface area contributed by atoms with Gasteiger partial charge in [-0.25, -0.2) is 9.59 Å². The minimum atomic E-state index is -0.724. The highest BCUT2D eigenvalue weighted by Gasteiger charge is 2.21. The van der Waals surface area contributed by atoms with Crippen LogP contribution in [0.4, 0.5) is 4.79 Å². The monoisotopic (exact) mass is 260 g/mol. The van der Waals surface area contributed by atoms with E-state index in [9.17, 15) is 9.59 Å². The smallest absolute Gasteiger partial charge is 0.408 e. The molecule has 1 atom stereocenters. The summed E-state index contributed by atoms with van der Waals surface area (Å²) < 4.78 is 10.00. The fourth-order valence-electron chi connectivity index (χ4n) is 1.09. The number of unbranched alkanes of at least 4 members (excludes halogenated alkanes) is 1. The fraction of sp³-hybridized carbons (Fsp3) is 0.833. The number of carbonyl (C=O) groups is 2. The number of carbonyl (C=O) groups excluding carboxylic acids is 2. The molecule has 0 aliphatic carbocycles. The van der Waals surface area contributed by atoms with Gasteiger partial charge in [0.05, 0.1) is 6.61 Å². The Hall–Kier alpha value is -1.30. The van der Waals surface area contributed by atoms with Crippen molar-refractivity contribution in [3.05, 3.63) is 0 Å². The lowest BCUT2D eigenvalue weighted by Crippen LogP contribution is -2.42. The van der Waals surface area contributed by atoms with Crippen LogP contribution in [0.2, 0.25) is 0 Å². The molecular formula is C12H24N2O4. The number of alkyl carbamates (subject to hydrolysis) is 1. The average molecular weight is 260 g/mol. The van der Waals surface area contributed by atoms with E-state index in [-0.39, 0.29) is 0 Å². The lowest BCUT2D eigenvalue weighted by molar-refractivity contribution is -0.145. The van der Waals surface area contributed by atoms with Crippen LogP contribution in [-0.2, 0) is 14.3 Å². The van der Waals surface area contributed by atoms with Gasteiger partial charge in [-0.2, -0.15) is 0 Å². The molecule has 0 radical (unpaired) electrons. The first-order chi connectivity index (χ1) is 8.26. The Kier molecular flexibility index (Phi) is 7.35. The molecule has 0 aliphatic rings. The van der Waals surface area contributed by atoms with E-state index in [1.165, 1.54) is 0 Å². The second-order valence-corrected chi connectivity index (χ2v) is 5.03. The second-order valence-electron chi connectivity index (χ2n) is 5.03. The van der Waals surface area contributed by atoms with E-state index in [1.807, 2.05) is 0 Å². The second kappa shape index (κ2) is 7.92. The Balaban J connectivity index is 3.90. The third kappa shape index (κ3) is 8.81. The van der Waals surface area contributed by atoms with E-state index >= 15 is 0 Å². The van der Waals surface area contributed by atoms with Crippen LogP contribution >= 0.6 is 0 Å². The molecule has 0 bridgehead atoms. The molecule has 0 fully saturated rings. The van der Waals surface area contributed by atoms with Gasteiger partial charge in [-0.1, -0.05) is 0 Å². The molecule has 1 amide bonds. The van der Waals surface area contributed by atoms with Crippen molar-refractivity contribution in [2.75, 3.05) is 13.2 Å². The van der Waals surface area contributed by atoms with Crippen molar-refractivity contribution < 1.29 is 19.1 Å². The molecular weight excluding hydrogens is 236 g/mol. The van der Waals surface area contributed by atoms with Gasteiger partial charge in [0.25, 0.3) is 0 Å². The summed E-state index contributed by atoms with van der Waals surface area (Å²) in [5.74, 6) is -0.474. The number of ether oxygens (including phenoxy) is 2. The lowest BCUT2D eigenvalue weighted by Gasteiger charge is -2.21. The number of amides is 1. The predicted molar refractivity (Wildman–Crippen MR) is 68.1 cm³/mol. The molecule has 0 spiro atoms. The first-order valence-electron chi connectivity index (χ1n) is 6.12. The summed E-state index contributed by atoms with van der Waals surface area (Å²) in [6.07, 6.45) is 0.900. The molecule has 0 rings (SSSR count). The van der Waals surface area contributed by atoms with Crippen molar-refractivity contribution in [1.29, 1.82) is 0 Å². The molecule has 0 heterocycles. The Morgan fingerprint density at radius 1 is 1.28 bits per heavy atom. The zero-order chi connectivity index (χ0) is 14.2. The van der Waals surface area contributed by atoms with E-state index in [0.717, 1.165) is 12.8 Å². The summed E-state index contributed by atoms with van der Waals surface area (Å²) in [5.41, 5.74) is 4.73. The van der Waals surface area contributed by atoms with Gasteiger partial charge in [0.1, 0.15) is 11.6 Å². The maximum absolute atomic E-state index is 11.5. The number of rotatable bonds is 6. The maximum Gasteiger partial charge on any atom is 0.408 e. The minimum Gasteiger partial charge on any atom is -0.464 e. The van der Waals surface area contributed by atoms with Crippen LogP contribution in [0, 0.1) is 0 Å². The molecule has 106 valence electrons. The fourth-order valence-corrected chi connectivity index (χ4v) is 1.09. The van der Waals surface area contributed by atoms with Crippen molar-refractivity contribution in [2.24, 2.45) is 5.73 Å².